The maximum absolute atomic E-state index is 9.91. The molecule has 1 rings (SSSR count). The molecule has 0 radical (unpaired) electrons. The molecule has 0 spiro atoms. The van der Waals surface area contributed by atoms with Crippen molar-refractivity contribution in [2.75, 3.05) is 29.6 Å². The van der Waals surface area contributed by atoms with Gasteiger partial charge in [-0.2, -0.15) is 11.8 Å². The lowest BCUT2D eigenvalue weighted by molar-refractivity contribution is 0.0997. The zero-order chi connectivity index (χ0) is 11.3. The van der Waals surface area contributed by atoms with E-state index in [4.69, 9.17) is 5.73 Å². The molecule has 0 fully saturated rings. The van der Waals surface area contributed by atoms with Gasteiger partial charge in [-0.15, -0.1) is 0 Å². The minimum atomic E-state index is -0.711. The lowest BCUT2D eigenvalue weighted by atomic mass is 10.1. The zero-order valence-electron chi connectivity index (χ0n) is 9.03. The van der Waals surface area contributed by atoms with E-state index in [1.165, 1.54) is 0 Å². The van der Waals surface area contributed by atoms with Gasteiger partial charge in [0.05, 0.1) is 5.60 Å². The van der Waals surface area contributed by atoms with Crippen molar-refractivity contribution >= 4 is 23.3 Å². The first-order valence-corrected chi connectivity index (χ1v) is 6.09. The Morgan fingerprint density at radius 3 is 3.00 bits per heavy atom. The first kappa shape index (κ1) is 12.1. The number of aromatic nitrogens is 1. The van der Waals surface area contributed by atoms with Crippen LogP contribution in [0.15, 0.2) is 18.3 Å². The number of pyridine rings is 1. The van der Waals surface area contributed by atoms with Crippen LogP contribution in [0.3, 0.4) is 0 Å². The van der Waals surface area contributed by atoms with Gasteiger partial charge in [-0.05, 0) is 19.2 Å². The third-order valence-corrected chi connectivity index (χ3v) is 2.82. The number of nitrogens with one attached hydrogen (secondary N) is 1. The van der Waals surface area contributed by atoms with Gasteiger partial charge in [-0.25, -0.2) is 4.98 Å². The third-order valence-electron chi connectivity index (χ3n) is 1.91. The Kier molecular flexibility index (Phi) is 4.23. The van der Waals surface area contributed by atoms with Crippen LogP contribution < -0.4 is 11.1 Å². The van der Waals surface area contributed by atoms with Gasteiger partial charge >= 0.3 is 0 Å². The highest BCUT2D eigenvalue weighted by Crippen LogP contribution is 2.14. The fraction of sp³-hybridized carbons (Fsp3) is 0.500. The van der Waals surface area contributed by atoms with Crippen molar-refractivity contribution in [2.45, 2.75) is 12.5 Å². The van der Waals surface area contributed by atoms with Crippen molar-refractivity contribution in [3.05, 3.63) is 18.3 Å². The fourth-order valence-corrected chi connectivity index (χ4v) is 1.94. The summed E-state index contributed by atoms with van der Waals surface area (Å²) in [4.78, 5) is 3.89. The minimum absolute atomic E-state index is 0.476. The van der Waals surface area contributed by atoms with Crippen LogP contribution in [0.1, 0.15) is 6.92 Å². The van der Waals surface area contributed by atoms with Crippen molar-refractivity contribution in [1.29, 1.82) is 0 Å². The van der Waals surface area contributed by atoms with E-state index in [9.17, 15) is 5.11 Å². The SMILES string of the molecule is CSCC(C)(O)CNc1ccnc(N)c1. The van der Waals surface area contributed by atoms with Crippen LogP contribution >= 0.6 is 11.8 Å². The summed E-state index contributed by atoms with van der Waals surface area (Å²) in [6, 6.07) is 3.57. The van der Waals surface area contributed by atoms with E-state index >= 15 is 0 Å². The number of thioether (sulfide) groups is 1. The molecule has 4 nitrogen and oxygen atoms in total. The molecule has 5 heteroatoms. The highest BCUT2D eigenvalue weighted by atomic mass is 32.2. The molecular weight excluding hydrogens is 210 g/mol. The van der Waals surface area contributed by atoms with Crippen LogP contribution in [0.4, 0.5) is 11.5 Å². The summed E-state index contributed by atoms with van der Waals surface area (Å²) in [7, 11) is 0. The molecule has 1 atom stereocenters. The van der Waals surface area contributed by atoms with Crippen molar-refractivity contribution < 1.29 is 5.11 Å². The van der Waals surface area contributed by atoms with Crippen LogP contribution in [-0.2, 0) is 0 Å². The van der Waals surface area contributed by atoms with E-state index in [-0.39, 0.29) is 0 Å². The lowest BCUT2D eigenvalue weighted by Crippen LogP contribution is -2.36. The highest BCUT2D eigenvalue weighted by molar-refractivity contribution is 7.98. The van der Waals surface area contributed by atoms with Gasteiger partial charge in [-0.3, -0.25) is 0 Å². The van der Waals surface area contributed by atoms with Crippen LogP contribution in [0.2, 0.25) is 0 Å². The quantitative estimate of drug-likeness (QED) is 0.705. The molecule has 1 unspecified atom stereocenters. The maximum atomic E-state index is 9.91. The van der Waals surface area contributed by atoms with Gasteiger partial charge in [0, 0.05) is 30.2 Å². The van der Waals surface area contributed by atoms with Crippen LogP contribution in [0.5, 0.6) is 0 Å². The van der Waals surface area contributed by atoms with E-state index in [0.29, 0.717) is 18.1 Å². The molecule has 0 bridgehead atoms. The summed E-state index contributed by atoms with van der Waals surface area (Å²) in [6.45, 7) is 2.30. The molecule has 1 aromatic heterocycles. The Balaban J connectivity index is 2.49. The molecule has 84 valence electrons. The average Bonchev–Trinajstić information content (AvgIpc) is 2.15. The number of aliphatic hydroxyl groups is 1. The van der Waals surface area contributed by atoms with E-state index in [1.54, 1.807) is 30.9 Å². The molecule has 0 amide bonds. The number of nitrogens with two attached hydrogens (primary N) is 1. The topological polar surface area (TPSA) is 71.2 Å². The number of anilines is 2. The van der Waals surface area contributed by atoms with E-state index in [1.807, 2.05) is 12.3 Å². The summed E-state index contributed by atoms with van der Waals surface area (Å²) < 4.78 is 0. The molecular formula is C10H17N3OS. The smallest absolute Gasteiger partial charge is 0.125 e. The molecule has 0 aliphatic carbocycles. The Morgan fingerprint density at radius 2 is 2.40 bits per heavy atom. The summed E-state index contributed by atoms with van der Waals surface area (Å²) in [5, 5.41) is 13.0. The summed E-state index contributed by atoms with van der Waals surface area (Å²) in [5.74, 6) is 1.17. The second-order valence-electron chi connectivity index (χ2n) is 3.75. The normalized spacial score (nSPS) is 14.6. The fourth-order valence-electron chi connectivity index (χ4n) is 1.21. The molecule has 0 aromatic carbocycles. The number of rotatable bonds is 5. The van der Waals surface area contributed by atoms with Crippen LogP contribution in [-0.4, -0.2) is 34.2 Å². The lowest BCUT2D eigenvalue weighted by Gasteiger charge is -2.23. The van der Waals surface area contributed by atoms with Crippen molar-refractivity contribution in [3.8, 4) is 0 Å². The van der Waals surface area contributed by atoms with Gasteiger partial charge in [0.15, 0.2) is 0 Å². The zero-order valence-corrected chi connectivity index (χ0v) is 9.84. The average molecular weight is 227 g/mol. The molecule has 0 saturated carbocycles. The first-order chi connectivity index (χ1) is 7.03. The summed E-state index contributed by atoms with van der Waals surface area (Å²) >= 11 is 1.62. The Labute approximate surface area is 94.3 Å². The van der Waals surface area contributed by atoms with E-state index < -0.39 is 5.60 Å². The Morgan fingerprint density at radius 1 is 1.67 bits per heavy atom. The second-order valence-corrected chi connectivity index (χ2v) is 4.62. The van der Waals surface area contributed by atoms with E-state index in [0.717, 1.165) is 5.69 Å². The number of nitrogen functional groups attached to an aromatic ring is 1. The van der Waals surface area contributed by atoms with Gasteiger partial charge in [0.25, 0.3) is 0 Å². The maximum Gasteiger partial charge on any atom is 0.125 e. The standard InChI is InChI=1S/C10H17N3OS/c1-10(14,7-15-2)6-13-8-3-4-12-9(11)5-8/h3-5,14H,6-7H2,1-2H3,(H3,11,12,13). The third kappa shape index (κ3) is 4.40. The van der Waals surface area contributed by atoms with Gasteiger partial charge < -0.3 is 16.2 Å². The van der Waals surface area contributed by atoms with Gasteiger partial charge in [0.1, 0.15) is 5.82 Å². The molecule has 15 heavy (non-hydrogen) atoms. The predicted molar refractivity (Wildman–Crippen MR) is 66.1 cm³/mol. The van der Waals surface area contributed by atoms with Gasteiger partial charge in [-0.1, -0.05) is 0 Å². The molecule has 0 aliphatic rings. The monoisotopic (exact) mass is 227 g/mol. The second kappa shape index (κ2) is 5.23. The van der Waals surface area contributed by atoms with Gasteiger partial charge in [0.2, 0.25) is 0 Å². The first-order valence-electron chi connectivity index (χ1n) is 4.70. The number of nitrogens with zero attached hydrogens (tertiary/aromatic N) is 1. The van der Waals surface area contributed by atoms with E-state index in [2.05, 4.69) is 10.3 Å². The predicted octanol–water partition coefficient (Wildman–Crippen LogP) is 1.19. The van der Waals surface area contributed by atoms with Crippen LogP contribution in [0, 0.1) is 0 Å². The molecule has 1 aromatic rings. The molecule has 0 aliphatic heterocycles. The highest BCUT2D eigenvalue weighted by Gasteiger charge is 2.18. The summed E-state index contributed by atoms with van der Waals surface area (Å²) in [6.07, 6.45) is 3.61. The van der Waals surface area contributed by atoms with Crippen molar-refractivity contribution in [1.82, 2.24) is 4.98 Å². The van der Waals surface area contributed by atoms with Crippen molar-refractivity contribution in [2.24, 2.45) is 0 Å². The van der Waals surface area contributed by atoms with Crippen LogP contribution in [0.25, 0.3) is 0 Å². The Hall–Kier alpha value is -0.940. The summed E-state index contributed by atoms with van der Waals surface area (Å²) in [5.41, 5.74) is 5.71. The Bertz CT molecular complexity index is 317. The largest absolute Gasteiger partial charge is 0.387 e. The minimum Gasteiger partial charge on any atom is -0.387 e. The number of hydrogen-bond donors (Lipinski definition) is 3. The molecule has 4 N–H and O–H groups in total. The molecule has 1 heterocycles. The number of hydrogen-bond acceptors (Lipinski definition) is 5. The molecule has 0 saturated heterocycles. The van der Waals surface area contributed by atoms with Crippen molar-refractivity contribution in [3.63, 3.8) is 0 Å².